The molecule has 11 heavy (non-hydrogen) atoms. The average Bonchev–Trinajstić information content (AvgIpc) is 2.37. The maximum absolute atomic E-state index is 10.6. The topological polar surface area (TPSA) is 26.3 Å². The van der Waals surface area contributed by atoms with Crippen LogP contribution in [0.2, 0.25) is 0 Å². The Balaban J connectivity index is 2.04. The molecule has 0 spiro atoms. The molecular formula is C8H13ClO2. The quantitative estimate of drug-likeness (QED) is 0.373. The highest BCUT2D eigenvalue weighted by molar-refractivity contribution is 6.17. The second-order valence-electron chi connectivity index (χ2n) is 2.84. The summed E-state index contributed by atoms with van der Waals surface area (Å²) in [5.74, 6) is 0.668. The van der Waals surface area contributed by atoms with Crippen molar-refractivity contribution in [1.82, 2.24) is 0 Å². The van der Waals surface area contributed by atoms with Gasteiger partial charge in [0.2, 0.25) is 0 Å². The van der Waals surface area contributed by atoms with Crippen molar-refractivity contribution in [3.63, 3.8) is 0 Å². The summed E-state index contributed by atoms with van der Waals surface area (Å²) in [5.41, 5.74) is 0. The molecule has 0 amide bonds. The smallest absolute Gasteiger partial charge is 0.306 e. The van der Waals surface area contributed by atoms with Crippen molar-refractivity contribution in [2.75, 3.05) is 5.88 Å². The van der Waals surface area contributed by atoms with Crippen LogP contribution in [0.1, 0.15) is 32.1 Å². The minimum atomic E-state index is -0.0409. The van der Waals surface area contributed by atoms with Crippen molar-refractivity contribution in [2.24, 2.45) is 0 Å². The minimum absolute atomic E-state index is 0.0409. The van der Waals surface area contributed by atoms with E-state index in [0.717, 1.165) is 25.7 Å². The van der Waals surface area contributed by atoms with Gasteiger partial charge in [0, 0.05) is 12.3 Å². The zero-order chi connectivity index (χ0) is 8.10. The van der Waals surface area contributed by atoms with Crippen LogP contribution in [0.3, 0.4) is 0 Å². The number of carbonyl (C=O) groups excluding carboxylic acids is 1. The van der Waals surface area contributed by atoms with Crippen LogP contribution in [0, 0.1) is 0 Å². The van der Waals surface area contributed by atoms with Crippen LogP contribution in [0.4, 0.5) is 0 Å². The Morgan fingerprint density at radius 2 is 2.36 bits per heavy atom. The summed E-state index contributed by atoms with van der Waals surface area (Å²) >= 11 is 5.51. The van der Waals surface area contributed by atoms with E-state index in [9.17, 15) is 4.79 Å². The number of carbonyl (C=O) groups is 1. The first-order valence-corrected chi connectivity index (χ1v) is 4.62. The first-order valence-electron chi connectivity index (χ1n) is 4.08. The lowest BCUT2D eigenvalue weighted by Gasteiger charge is -2.06. The molecule has 1 heterocycles. The molecule has 0 aromatic heterocycles. The summed E-state index contributed by atoms with van der Waals surface area (Å²) < 4.78 is 5.03. The van der Waals surface area contributed by atoms with Crippen LogP contribution in [0.15, 0.2) is 0 Å². The van der Waals surface area contributed by atoms with Gasteiger partial charge in [-0.3, -0.25) is 4.79 Å². The van der Waals surface area contributed by atoms with E-state index >= 15 is 0 Å². The van der Waals surface area contributed by atoms with Gasteiger partial charge in [-0.05, 0) is 25.7 Å². The van der Waals surface area contributed by atoms with Gasteiger partial charge in [0.15, 0.2) is 0 Å². The lowest BCUT2D eigenvalue weighted by molar-refractivity contribution is -0.141. The first-order chi connectivity index (χ1) is 5.33. The molecule has 64 valence electrons. The van der Waals surface area contributed by atoms with Crippen molar-refractivity contribution in [2.45, 2.75) is 38.2 Å². The third-order valence-electron chi connectivity index (χ3n) is 1.88. The number of hydrogen-bond acceptors (Lipinski definition) is 2. The SMILES string of the molecule is O=C1CCC(CCCCCl)O1. The third kappa shape index (κ3) is 3.10. The van der Waals surface area contributed by atoms with E-state index in [4.69, 9.17) is 16.3 Å². The highest BCUT2D eigenvalue weighted by atomic mass is 35.5. The number of unbranched alkanes of at least 4 members (excludes halogenated alkanes) is 1. The Labute approximate surface area is 71.9 Å². The summed E-state index contributed by atoms with van der Waals surface area (Å²) in [6, 6.07) is 0. The maximum atomic E-state index is 10.6. The summed E-state index contributed by atoms with van der Waals surface area (Å²) in [6.45, 7) is 0. The Morgan fingerprint density at radius 3 is 2.91 bits per heavy atom. The van der Waals surface area contributed by atoms with Gasteiger partial charge in [-0.15, -0.1) is 11.6 Å². The molecule has 1 atom stereocenters. The average molecular weight is 177 g/mol. The molecule has 0 radical (unpaired) electrons. The molecule has 1 unspecified atom stereocenters. The molecule has 1 fully saturated rings. The van der Waals surface area contributed by atoms with E-state index in [1.165, 1.54) is 0 Å². The fourth-order valence-electron chi connectivity index (χ4n) is 1.25. The highest BCUT2D eigenvalue weighted by Gasteiger charge is 2.22. The molecule has 2 nitrogen and oxygen atoms in total. The Hall–Kier alpha value is -0.240. The third-order valence-corrected chi connectivity index (χ3v) is 2.15. The molecule has 0 aliphatic carbocycles. The van der Waals surface area contributed by atoms with Crippen LogP contribution >= 0.6 is 11.6 Å². The molecular weight excluding hydrogens is 164 g/mol. The number of alkyl halides is 1. The molecule has 1 aliphatic rings. The second-order valence-corrected chi connectivity index (χ2v) is 3.21. The lowest BCUT2D eigenvalue weighted by atomic mass is 10.1. The second kappa shape index (κ2) is 4.60. The zero-order valence-electron chi connectivity index (χ0n) is 6.51. The fraction of sp³-hybridized carbons (Fsp3) is 0.875. The minimum Gasteiger partial charge on any atom is -0.462 e. The predicted octanol–water partition coefficient (Wildman–Crippen LogP) is 2.10. The van der Waals surface area contributed by atoms with Crippen LogP contribution < -0.4 is 0 Å². The fourth-order valence-corrected chi connectivity index (χ4v) is 1.44. The van der Waals surface area contributed by atoms with Gasteiger partial charge in [0.25, 0.3) is 0 Å². The number of cyclic esters (lactones) is 1. The monoisotopic (exact) mass is 176 g/mol. The van der Waals surface area contributed by atoms with E-state index in [0.29, 0.717) is 12.3 Å². The van der Waals surface area contributed by atoms with Gasteiger partial charge in [-0.25, -0.2) is 0 Å². The maximum Gasteiger partial charge on any atom is 0.306 e. The van der Waals surface area contributed by atoms with Gasteiger partial charge in [-0.1, -0.05) is 0 Å². The van der Waals surface area contributed by atoms with Gasteiger partial charge in [0.1, 0.15) is 6.10 Å². The Bertz CT molecular complexity index is 136. The van der Waals surface area contributed by atoms with Gasteiger partial charge in [0.05, 0.1) is 0 Å². The van der Waals surface area contributed by atoms with Gasteiger partial charge < -0.3 is 4.74 Å². The van der Waals surface area contributed by atoms with Crippen molar-refractivity contribution in [3.05, 3.63) is 0 Å². The normalized spacial score (nSPS) is 23.7. The Morgan fingerprint density at radius 1 is 1.55 bits per heavy atom. The van der Waals surface area contributed by atoms with E-state index < -0.39 is 0 Å². The summed E-state index contributed by atoms with van der Waals surface area (Å²) in [5, 5.41) is 0. The van der Waals surface area contributed by atoms with Crippen LogP contribution in [0.25, 0.3) is 0 Å². The summed E-state index contributed by atoms with van der Waals surface area (Å²) in [4.78, 5) is 10.6. The van der Waals surface area contributed by atoms with Crippen LogP contribution in [-0.2, 0) is 9.53 Å². The standard InChI is InChI=1S/C8H13ClO2/c9-6-2-1-3-7-4-5-8(10)11-7/h7H,1-6H2. The molecule has 0 saturated carbocycles. The number of esters is 1. The first kappa shape index (κ1) is 8.85. The molecule has 1 aliphatic heterocycles. The van der Waals surface area contributed by atoms with Crippen LogP contribution in [0.5, 0.6) is 0 Å². The zero-order valence-corrected chi connectivity index (χ0v) is 7.27. The number of rotatable bonds is 4. The number of hydrogen-bond donors (Lipinski definition) is 0. The van der Waals surface area contributed by atoms with E-state index in [-0.39, 0.29) is 12.1 Å². The number of halogens is 1. The molecule has 0 N–H and O–H groups in total. The molecule has 3 heteroatoms. The molecule has 1 rings (SSSR count). The largest absolute Gasteiger partial charge is 0.462 e. The molecule has 0 aromatic rings. The molecule has 0 aromatic carbocycles. The predicted molar refractivity (Wildman–Crippen MR) is 43.7 cm³/mol. The molecule has 0 bridgehead atoms. The van der Waals surface area contributed by atoms with Crippen LogP contribution in [-0.4, -0.2) is 18.0 Å². The lowest BCUT2D eigenvalue weighted by Crippen LogP contribution is -2.06. The van der Waals surface area contributed by atoms with E-state index in [1.54, 1.807) is 0 Å². The summed E-state index contributed by atoms with van der Waals surface area (Å²) in [6.07, 6.45) is 4.77. The van der Waals surface area contributed by atoms with Gasteiger partial charge >= 0.3 is 5.97 Å². The van der Waals surface area contributed by atoms with Crippen molar-refractivity contribution in [3.8, 4) is 0 Å². The molecule has 1 saturated heterocycles. The summed E-state index contributed by atoms with van der Waals surface area (Å²) in [7, 11) is 0. The van der Waals surface area contributed by atoms with E-state index in [1.807, 2.05) is 0 Å². The Kier molecular flexibility index (Phi) is 3.70. The van der Waals surface area contributed by atoms with Gasteiger partial charge in [-0.2, -0.15) is 0 Å². The van der Waals surface area contributed by atoms with Crippen molar-refractivity contribution in [1.29, 1.82) is 0 Å². The van der Waals surface area contributed by atoms with Crippen molar-refractivity contribution >= 4 is 17.6 Å². The highest BCUT2D eigenvalue weighted by Crippen LogP contribution is 2.18. The number of ether oxygens (including phenoxy) is 1. The van der Waals surface area contributed by atoms with E-state index in [2.05, 4.69) is 0 Å². The van der Waals surface area contributed by atoms with Crippen molar-refractivity contribution < 1.29 is 9.53 Å².